The standard InChI is InChI=1S/C19H42N.C2H5O3P/c1-5-6-7-8-9-10-11-12-13-14-15-16-17-18-19-20(2,3)4;1-2-6(3,4)5/h5-19H2,1-4H3;2H,1H2,(H2,3,4,5)/q+1;. The number of nitrogens with zero attached hydrogens (tertiary/aromatic N) is 1. The van der Waals surface area contributed by atoms with Crippen LogP contribution in [-0.2, 0) is 4.57 Å². The van der Waals surface area contributed by atoms with Crippen LogP contribution in [-0.4, -0.2) is 42.0 Å². The average Bonchev–Trinajstić information content (AvgIpc) is 2.54. The first-order valence-electron chi connectivity index (χ1n) is 10.6. The van der Waals surface area contributed by atoms with E-state index in [2.05, 4.69) is 34.6 Å². The second-order valence-corrected chi connectivity index (χ2v) is 9.93. The van der Waals surface area contributed by atoms with Gasteiger partial charge in [-0.05, 0) is 12.8 Å². The van der Waals surface area contributed by atoms with Crippen LogP contribution in [0, 0.1) is 0 Å². The molecule has 0 spiro atoms. The van der Waals surface area contributed by atoms with Crippen LogP contribution in [0.1, 0.15) is 96.8 Å². The van der Waals surface area contributed by atoms with Crippen molar-refractivity contribution in [2.24, 2.45) is 0 Å². The van der Waals surface area contributed by atoms with Gasteiger partial charge in [0.25, 0.3) is 0 Å². The molecule has 0 bridgehead atoms. The van der Waals surface area contributed by atoms with E-state index in [9.17, 15) is 4.57 Å². The largest absolute Gasteiger partial charge is 0.348 e. The Morgan fingerprint density at radius 3 is 1.23 bits per heavy atom. The molecule has 5 heteroatoms. The summed E-state index contributed by atoms with van der Waals surface area (Å²) in [5.41, 5.74) is 0. The molecule has 4 nitrogen and oxygen atoms in total. The Morgan fingerprint density at radius 2 is 1.00 bits per heavy atom. The van der Waals surface area contributed by atoms with Gasteiger partial charge in [-0.25, -0.2) is 0 Å². The Balaban J connectivity index is 0. The molecule has 2 N–H and O–H groups in total. The summed E-state index contributed by atoms with van der Waals surface area (Å²) in [5, 5.41) is 0. The van der Waals surface area contributed by atoms with Crippen molar-refractivity contribution in [2.75, 3.05) is 27.7 Å². The summed E-state index contributed by atoms with van der Waals surface area (Å²) in [6.45, 7) is 6.49. The zero-order valence-corrected chi connectivity index (χ0v) is 19.0. The lowest BCUT2D eigenvalue weighted by Gasteiger charge is -2.23. The lowest BCUT2D eigenvalue weighted by molar-refractivity contribution is -0.870. The zero-order valence-electron chi connectivity index (χ0n) is 18.1. The fraction of sp³-hybridized carbons (Fsp3) is 0.905. The minimum Gasteiger partial charge on any atom is -0.331 e. The van der Waals surface area contributed by atoms with Crippen LogP contribution in [0.25, 0.3) is 0 Å². The molecule has 158 valence electrons. The second-order valence-electron chi connectivity index (χ2n) is 8.38. The Labute approximate surface area is 163 Å². The van der Waals surface area contributed by atoms with Gasteiger partial charge < -0.3 is 14.3 Å². The fourth-order valence-corrected chi connectivity index (χ4v) is 2.78. The van der Waals surface area contributed by atoms with E-state index in [0.717, 1.165) is 4.48 Å². The van der Waals surface area contributed by atoms with Crippen molar-refractivity contribution in [1.82, 2.24) is 0 Å². The quantitative estimate of drug-likeness (QED) is 0.179. The summed E-state index contributed by atoms with van der Waals surface area (Å²) in [6, 6.07) is 0. The number of rotatable bonds is 16. The van der Waals surface area contributed by atoms with Crippen LogP contribution in [0.4, 0.5) is 0 Å². The third-order valence-corrected chi connectivity index (χ3v) is 4.90. The topological polar surface area (TPSA) is 57.5 Å². The van der Waals surface area contributed by atoms with Gasteiger partial charge in [0.2, 0.25) is 0 Å². The van der Waals surface area contributed by atoms with Crippen LogP contribution in [0.2, 0.25) is 0 Å². The Morgan fingerprint density at radius 1 is 0.731 bits per heavy atom. The monoisotopic (exact) mass is 392 g/mol. The van der Waals surface area contributed by atoms with Gasteiger partial charge >= 0.3 is 7.60 Å². The van der Waals surface area contributed by atoms with Gasteiger partial charge in [-0.3, -0.25) is 4.57 Å². The number of hydrogen-bond acceptors (Lipinski definition) is 1. The number of unbranched alkanes of at least 4 members (excludes halogenated alkanes) is 13. The van der Waals surface area contributed by atoms with Crippen molar-refractivity contribution >= 4 is 7.60 Å². The Kier molecular flexibility index (Phi) is 19.7. The predicted molar refractivity (Wildman–Crippen MR) is 115 cm³/mol. The van der Waals surface area contributed by atoms with Crippen LogP contribution in [0.3, 0.4) is 0 Å². The molecule has 0 heterocycles. The summed E-state index contributed by atoms with van der Waals surface area (Å²) in [5.74, 6) is 0.604. The fourth-order valence-electron chi connectivity index (χ4n) is 2.78. The zero-order chi connectivity index (χ0) is 20.3. The summed E-state index contributed by atoms with van der Waals surface area (Å²) in [6.07, 6.45) is 20.4. The molecule has 0 aliphatic rings. The average molecular weight is 393 g/mol. The Hall–Kier alpha value is -0.150. The predicted octanol–water partition coefficient (Wildman–Crippen LogP) is 6.48. The molecular formula is C21H47NO3P+. The first kappa shape index (κ1) is 28.1. The van der Waals surface area contributed by atoms with Crippen molar-refractivity contribution in [3.05, 3.63) is 12.4 Å². The van der Waals surface area contributed by atoms with Gasteiger partial charge in [-0.2, -0.15) is 0 Å². The van der Waals surface area contributed by atoms with Crippen molar-refractivity contribution in [1.29, 1.82) is 0 Å². The lowest BCUT2D eigenvalue weighted by Crippen LogP contribution is -2.35. The molecule has 0 aromatic heterocycles. The van der Waals surface area contributed by atoms with E-state index in [1.54, 1.807) is 0 Å². The van der Waals surface area contributed by atoms with E-state index in [1.165, 1.54) is 96.4 Å². The SMILES string of the molecule is C=CP(=O)(O)O.CCCCCCCCCCCCCCCC[N+](C)(C)C. The van der Waals surface area contributed by atoms with Gasteiger partial charge in [0.05, 0.1) is 27.7 Å². The molecule has 0 aliphatic heterocycles. The van der Waals surface area contributed by atoms with E-state index in [1.807, 2.05) is 0 Å². The molecular weight excluding hydrogens is 345 g/mol. The molecule has 0 unspecified atom stereocenters. The second kappa shape index (κ2) is 18.2. The number of quaternary nitrogens is 1. The van der Waals surface area contributed by atoms with Gasteiger partial charge in [0.1, 0.15) is 0 Å². The van der Waals surface area contributed by atoms with Crippen molar-refractivity contribution in [2.45, 2.75) is 96.8 Å². The minimum absolute atomic E-state index is 0.604. The first-order valence-corrected chi connectivity index (χ1v) is 12.3. The summed E-state index contributed by atoms with van der Waals surface area (Å²) >= 11 is 0. The molecule has 0 rings (SSSR count). The molecule has 0 aliphatic carbocycles. The molecule has 0 fully saturated rings. The van der Waals surface area contributed by atoms with Gasteiger partial charge in [0.15, 0.2) is 0 Å². The smallest absolute Gasteiger partial charge is 0.331 e. The highest BCUT2D eigenvalue weighted by molar-refractivity contribution is 7.55. The molecule has 0 saturated carbocycles. The Bertz CT molecular complexity index is 348. The van der Waals surface area contributed by atoms with Gasteiger partial charge in [-0.15, -0.1) is 0 Å². The van der Waals surface area contributed by atoms with Crippen LogP contribution in [0.5, 0.6) is 0 Å². The first-order chi connectivity index (χ1) is 12.1. The highest BCUT2D eigenvalue weighted by atomic mass is 31.2. The molecule has 0 saturated heterocycles. The van der Waals surface area contributed by atoms with E-state index < -0.39 is 7.60 Å². The minimum atomic E-state index is -3.88. The molecule has 0 atom stereocenters. The highest BCUT2D eigenvalue weighted by Gasteiger charge is 2.05. The molecule has 0 amide bonds. The van der Waals surface area contributed by atoms with Gasteiger partial charge in [0, 0.05) is 5.82 Å². The van der Waals surface area contributed by atoms with Gasteiger partial charge in [-0.1, -0.05) is 90.6 Å². The van der Waals surface area contributed by atoms with Crippen molar-refractivity contribution < 1.29 is 18.8 Å². The molecule has 0 radical (unpaired) electrons. The maximum absolute atomic E-state index is 9.58. The van der Waals surface area contributed by atoms with Crippen molar-refractivity contribution in [3.8, 4) is 0 Å². The van der Waals surface area contributed by atoms with E-state index in [-0.39, 0.29) is 0 Å². The maximum atomic E-state index is 9.58. The highest BCUT2D eigenvalue weighted by Crippen LogP contribution is 2.34. The molecule has 26 heavy (non-hydrogen) atoms. The normalized spacial score (nSPS) is 11.8. The summed E-state index contributed by atoms with van der Waals surface area (Å²) in [7, 11) is 3.00. The van der Waals surface area contributed by atoms with Crippen LogP contribution in [0.15, 0.2) is 12.4 Å². The lowest BCUT2D eigenvalue weighted by atomic mass is 10.0. The molecule has 0 aromatic rings. The third kappa shape index (κ3) is 31.6. The summed E-state index contributed by atoms with van der Waals surface area (Å²) in [4.78, 5) is 15.6. The van der Waals surface area contributed by atoms with E-state index >= 15 is 0 Å². The van der Waals surface area contributed by atoms with Crippen molar-refractivity contribution in [3.63, 3.8) is 0 Å². The van der Waals surface area contributed by atoms with E-state index in [4.69, 9.17) is 9.79 Å². The number of hydrogen-bond donors (Lipinski definition) is 2. The van der Waals surface area contributed by atoms with Crippen LogP contribution >= 0.6 is 7.60 Å². The maximum Gasteiger partial charge on any atom is 0.348 e. The third-order valence-electron chi connectivity index (χ3n) is 4.42. The molecule has 0 aromatic carbocycles. The van der Waals surface area contributed by atoms with E-state index in [0.29, 0.717) is 5.82 Å². The summed E-state index contributed by atoms with van der Waals surface area (Å²) < 4.78 is 10.7. The van der Waals surface area contributed by atoms with Crippen LogP contribution < -0.4 is 0 Å².